The first-order chi connectivity index (χ1) is 13.0. The third-order valence-electron chi connectivity index (χ3n) is 3.60. The molecule has 2 aromatic carbocycles. The number of benzene rings is 2. The summed E-state index contributed by atoms with van der Waals surface area (Å²) in [5, 5.41) is 1.81. The van der Waals surface area contributed by atoms with Crippen molar-refractivity contribution in [3.63, 3.8) is 0 Å². The van der Waals surface area contributed by atoms with Crippen molar-refractivity contribution in [3.05, 3.63) is 62.7 Å². The Balaban J connectivity index is 1.88. The van der Waals surface area contributed by atoms with Crippen LogP contribution in [0.3, 0.4) is 0 Å². The molecule has 3 rings (SSSR count). The summed E-state index contributed by atoms with van der Waals surface area (Å²) in [5.74, 6) is 0.104. The molecule has 0 aromatic heterocycles. The number of carbonyl (C=O) groups is 2. The molecule has 1 saturated heterocycles. The van der Waals surface area contributed by atoms with Crippen molar-refractivity contribution in [1.82, 2.24) is 5.32 Å². The normalized spacial score (nSPS) is 15.1. The number of hydrogen-bond donors (Lipinski definition) is 1. The molecule has 140 valence electrons. The average molecular weight is 452 g/mol. The van der Waals surface area contributed by atoms with Crippen LogP contribution in [0.4, 0.5) is 9.18 Å². The maximum Gasteiger partial charge on any atom is 0.290 e. The summed E-state index contributed by atoms with van der Waals surface area (Å²) in [5.41, 5.74) is 1.09. The average Bonchev–Trinajstić information content (AvgIpc) is 2.93. The third-order valence-corrected chi connectivity index (χ3v) is 5.00. The molecule has 0 radical (unpaired) electrons. The van der Waals surface area contributed by atoms with E-state index in [1.165, 1.54) is 6.07 Å². The van der Waals surface area contributed by atoms with Gasteiger partial charge in [0.15, 0.2) is 11.5 Å². The van der Waals surface area contributed by atoms with E-state index in [0.29, 0.717) is 38.6 Å². The van der Waals surface area contributed by atoms with Gasteiger partial charge in [-0.15, -0.1) is 0 Å². The summed E-state index contributed by atoms with van der Waals surface area (Å²) in [4.78, 5) is 23.3. The van der Waals surface area contributed by atoms with Gasteiger partial charge in [0.1, 0.15) is 12.4 Å². The lowest BCUT2D eigenvalue weighted by atomic mass is 10.1. The lowest BCUT2D eigenvalue weighted by Crippen LogP contribution is -2.17. The van der Waals surface area contributed by atoms with Gasteiger partial charge in [0.25, 0.3) is 11.1 Å². The minimum absolute atomic E-state index is 0.0402. The smallest absolute Gasteiger partial charge is 0.290 e. The van der Waals surface area contributed by atoms with Gasteiger partial charge in [0.05, 0.1) is 16.0 Å². The zero-order valence-corrected chi connectivity index (χ0v) is 16.7. The molecule has 1 fully saturated rings. The van der Waals surface area contributed by atoms with Crippen molar-refractivity contribution in [3.8, 4) is 11.5 Å². The second-order valence-electron chi connectivity index (χ2n) is 5.50. The highest BCUT2D eigenvalue weighted by molar-refractivity contribution is 9.10. The van der Waals surface area contributed by atoms with Crippen LogP contribution in [-0.2, 0) is 11.4 Å². The predicted molar refractivity (Wildman–Crippen MR) is 105 cm³/mol. The molecule has 0 spiro atoms. The van der Waals surface area contributed by atoms with Crippen molar-refractivity contribution in [2.24, 2.45) is 0 Å². The van der Waals surface area contributed by atoms with Crippen LogP contribution < -0.4 is 14.8 Å². The summed E-state index contributed by atoms with van der Waals surface area (Å²) in [7, 11) is 0. The van der Waals surface area contributed by atoms with E-state index in [4.69, 9.17) is 9.47 Å². The molecule has 27 heavy (non-hydrogen) atoms. The van der Waals surface area contributed by atoms with Crippen molar-refractivity contribution in [2.75, 3.05) is 6.61 Å². The van der Waals surface area contributed by atoms with E-state index in [1.54, 1.807) is 36.4 Å². The molecule has 0 bridgehead atoms. The number of ether oxygens (including phenoxy) is 2. The molecule has 5 nitrogen and oxygen atoms in total. The van der Waals surface area contributed by atoms with Crippen LogP contribution in [0, 0.1) is 5.82 Å². The van der Waals surface area contributed by atoms with Gasteiger partial charge in [0.2, 0.25) is 0 Å². The quantitative estimate of drug-likeness (QED) is 0.633. The fourth-order valence-electron chi connectivity index (χ4n) is 2.41. The van der Waals surface area contributed by atoms with Crippen molar-refractivity contribution in [2.45, 2.75) is 13.5 Å². The van der Waals surface area contributed by atoms with Gasteiger partial charge in [-0.3, -0.25) is 14.9 Å². The lowest BCUT2D eigenvalue weighted by molar-refractivity contribution is -0.115. The Bertz CT molecular complexity index is 932. The highest BCUT2D eigenvalue weighted by Crippen LogP contribution is 2.39. The number of halogens is 2. The maximum absolute atomic E-state index is 13.8. The zero-order valence-electron chi connectivity index (χ0n) is 14.3. The van der Waals surface area contributed by atoms with Gasteiger partial charge in [0, 0.05) is 5.56 Å². The van der Waals surface area contributed by atoms with Gasteiger partial charge in [-0.1, -0.05) is 18.2 Å². The largest absolute Gasteiger partial charge is 0.490 e. The van der Waals surface area contributed by atoms with Gasteiger partial charge in [-0.2, -0.15) is 0 Å². The van der Waals surface area contributed by atoms with Crippen LogP contribution in [0.25, 0.3) is 6.08 Å². The minimum atomic E-state index is -0.432. The Morgan fingerprint density at radius 2 is 2.00 bits per heavy atom. The number of carbonyl (C=O) groups excluding carboxylic acids is 2. The van der Waals surface area contributed by atoms with Crippen LogP contribution in [0.1, 0.15) is 18.1 Å². The molecule has 0 aliphatic carbocycles. The van der Waals surface area contributed by atoms with Crippen molar-refractivity contribution < 1.29 is 23.5 Å². The minimum Gasteiger partial charge on any atom is -0.490 e. The van der Waals surface area contributed by atoms with Crippen molar-refractivity contribution >= 4 is 44.9 Å². The number of imide groups is 1. The Kier molecular flexibility index (Phi) is 6.18. The second-order valence-corrected chi connectivity index (χ2v) is 7.36. The standard InChI is InChI=1S/C19H15BrFNO4S/c1-2-25-15-8-11(9-16-18(23)22-19(24)27-16)7-13(20)17(15)26-10-12-5-3-4-6-14(12)21/h3-9H,2,10H2,1H3,(H,22,23,24)/b16-9-. The van der Waals surface area contributed by atoms with E-state index in [9.17, 15) is 14.0 Å². The zero-order chi connectivity index (χ0) is 19.4. The molecule has 2 aromatic rings. The summed E-state index contributed by atoms with van der Waals surface area (Å²) in [6.45, 7) is 2.27. The number of thioether (sulfide) groups is 1. The first-order valence-electron chi connectivity index (χ1n) is 8.05. The Morgan fingerprint density at radius 3 is 2.67 bits per heavy atom. The van der Waals surface area contributed by atoms with Crippen LogP contribution in [0.15, 0.2) is 45.8 Å². The van der Waals surface area contributed by atoms with Crippen LogP contribution >= 0.6 is 27.7 Å². The van der Waals surface area contributed by atoms with Crippen molar-refractivity contribution in [1.29, 1.82) is 0 Å². The second kappa shape index (κ2) is 8.58. The fourth-order valence-corrected chi connectivity index (χ4v) is 3.67. The molecular formula is C19H15BrFNO4S. The summed E-state index contributed by atoms with van der Waals surface area (Å²) < 4.78 is 25.8. The molecule has 1 N–H and O–H groups in total. The fraction of sp³-hybridized carbons (Fsp3) is 0.158. The molecule has 8 heteroatoms. The third kappa shape index (κ3) is 4.70. The number of rotatable bonds is 6. The van der Waals surface area contributed by atoms with Gasteiger partial charge < -0.3 is 9.47 Å². The Labute approximate surface area is 168 Å². The number of hydrogen-bond acceptors (Lipinski definition) is 5. The van der Waals surface area contributed by atoms with E-state index in [2.05, 4.69) is 21.2 Å². The monoisotopic (exact) mass is 451 g/mol. The summed E-state index contributed by atoms with van der Waals surface area (Å²) in [6, 6.07) is 9.82. The van der Waals surface area contributed by atoms with E-state index in [0.717, 1.165) is 11.8 Å². The molecule has 0 unspecified atom stereocenters. The molecule has 1 aliphatic heterocycles. The molecule has 1 aliphatic rings. The van der Waals surface area contributed by atoms with Crippen LogP contribution in [0.5, 0.6) is 11.5 Å². The Morgan fingerprint density at radius 1 is 1.22 bits per heavy atom. The molecule has 1 heterocycles. The van der Waals surface area contributed by atoms with Crippen LogP contribution in [-0.4, -0.2) is 17.8 Å². The van der Waals surface area contributed by atoms with E-state index < -0.39 is 11.1 Å². The molecule has 0 saturated carbocycles. The van der Waals surface area contributed by atoms with Gasteiger partial charge in [-0.05, 0) is 64.5 Å². The summed E-state index contributed by atoms with van der Waals surface area (Å²) in [6.07, 6.45) is 1.60. The topological polar surface area (TPSA) is 64.6 Å². The SMILES string of the molecule is CCOc1cc(/C=C2\SC(=O)NC2=O)cc(Br)c1OCc1ccccc1F. The summed E-state index contributed by atoms with van der Waals surface area (Å²) >= 11 is 4.27. The van der Waals surface area contributed by atoms with Gasteiger partial charge >= 0.3 is 0 Å². The molecular weight excluding hydrogens is 437 g/mol. The highest BCUT2D eigenvalue weighted by atomic mass is 79.9. The van der Waals surface area contributed by atoms with E-state index in [1.807, 2.05) is 6.92 Å². The first kappa shape index (κ1) is 19.4. The van der Waals surface area contributed by atoms with Gasteiger partial charge in [-0.25, -0.2) is 4.39 Å². The lowest BCUT2D eigenvalue weighted by Gasteiger charge is -2.15. The number of nitrogens with one attached hydrogen (secondary N) is 1. The molecule has 2 amide bonds. The Hall–Kier alpha value is -2.32. The number of amides is 2. The van der Waals surface area contributed by atoms with Crippen LogP contribution in [0.2, 0.25) is 0 Å². The highest BCUT2D eigenvalue weighted by Gasteiger charge is 2.25. The van der Waals surface area contributed by atoms with E-state index >= 15 is 0 Å². The maximum atomic E-state index is 13.8. The first-order valence-corrected chi connectivity index (χ1v) is 9.66. The predicted octanol–water partition coefficient (Wildman–Crippen LogP) is 4.89. The molecule has 0 atom stereocenters. The van der Waals surface area contributed by atoms with E-state index in [-0.39, 0.29) is 12.4 Å².